The minimum absolute atomic E-state index is 0.0730. The van der Waals surface area contributed by atoms with Crippen LogP contribution in [-0.2, 0) is 6.42 Å². The fourth-order valence-electron chi connectivity index (χ4n) is 2.06. The second-order valence-corrected chi connectivity index (χ2v) is 4.76. The lowest BCUT2D eigenvalue weighted by molar-refractivity contribution is -0.384. The van der Waals surface area contributed by atoms with Crippen molar-refractivity contribution in [3.8, 4) is 0 Å². The summed E-state index contributed by atoms with van der Waals surface area (Å²) in [6.07, 6.45) is 0.752. The second kappa shape index (κ2) is 7.21. The molecule has 2 N–H and O–H groups in total. The summed E-state index contributed by atoms with van der Waals surface area (Å²) in [4.78, 5) is 21.7. The lowest BCUT2D eigenvalue weighted by Gasteiger charge is -2.07. The van der Waals surface area contributed by atoms with Gasteiger partial charge in [0.1, 0.15) is 0 Å². The average molecular weight is 299 g/mol. The molecular weight excluding hydrogens is 282 g/mol. The van der Waals surface area contributed by atoms with Gasteiger partial charge in [0.2, 0.25) is 0 Å². The number of amides is 1. The molecule has 6 nitrogen and oxygen atoms in total. The summed E-state index contributed by atoms with van der Waals surface area (Å²) in [7, 11) is 1.60. The van der Waals surface area contributed by atoms with Crippen LogP contribution in [-0.4, -0.2) is 24.4 Å². The van der Waals surface area contributed by atoms with Gasteiger partial charge in [0.15, 0.2) is 0 Å². The molecule has 0 aliphatic rings. The van der Waals surface area contributed by atoms with E-state index in [1.54, 1.807) is 25.2 Å². The summed E-state index contributed by atoms with van der Waals surface area (Å²) < 4.78 is 0. The highest BCUT2D eigenvalue weighted by Gasteiger charge is 2.05. The van der Waals surface area contributed by atoms with Crippen LogP contribution in [0.25, 0.3) is 0 Å². The van der Waals surface area contributed by atoms with Crippen molar-refractivity contribution in [1.29, 1.82) is 0 Å². The molecule has 0 aliphatic heterocycles. The Labute approximate surface area is 128 Å². The molecule has 2 aromatic rings. The molecule has 6 heteroatoms. The van der Waals surface area contributed by atoms with Crippen molar-refractivity contribution in [1.82, 2.24) is 5.32 Å². The molecule has 0 bridgehead atoms. The highest BCUT2D eigenvalue weighted by atomic mass is 16.6. The number of rotatable bonds is 6. The van der Waals surface area contributed by atoms with Gasteiger partial charge < -0.3 is 10.6 Å². The quantitative estimate of drug-likeness (QED) is 0.634. The second-order valence-electron chi connectivity index (χ2n) is 4.76. The summed E-state index contributed by atoms with van der Waals surface area (Å²) in [5, 5.41) is 16.4. The van der Waals surface area contributed by atoms with Crippen LogP contribution in [0.4, 0.5) is 11.4 Å². The molecule has 0 radical (unpaired) electrons. The monoisotopic (exact) mass is 299 g/mol. The third kappa shape index (κ3) is 4.05. The van der Waals surface area contributed by atoms with Crippen LogP contribution in [0.15, 0.2) is 48.5 Å². The minimum atomic E-state index is -0.423. The van der Waals surface area contributed by atoms with Crippen molar-refractivity contribution in [2.45, 2.75) is 6.42 Å². The summed E-state index contributed by atoms with van der Waals surface area (Å²) >= 11 is 0. The molecule has 114 valence electrons. The average Bonchev–Trinajstić information content (AvgIpc) is 2.55. The number of nitrogens with zero attached hydrogens (tertiary/aromatic N) is 1. The third-order valence-corrected chi connectivity index (χ3v) is 3.24. The van der Waals surface area contributed by atoms with E-state index in [0.717, 1.165) is 17.7 Å². The van der Waals surface area contributed by atoms with Crippen molar-refractivity contribution in [3.63, 3.8) is 0 Å². The minimum Gasteiger partial charge on any atom is -0.385 e. The van der Waals surface area contributed by atoms with Gasteiger partial charge >= 0.3 is 0 Å². The number of non-ortho nitro benzene ring substituents is 1. The van der Waals surface area contributed by atoms with E-state index in [2.05, 4.69) is 10.6 Å². The number of nitrogens with one attached hydrogen (secondary N) is 2. The van der Waals surface area contributed by atoms with E-state index in [1.165, 1.54) is 12.1 Å². The maximum atomic E-state index is 11.6. The first-order valence-electron chi connectivity index (χ1n) is 6.89. The van der Waals surface area contributed by atoms with Gasteiger partial charge in [-0.3, -0.25) is 14.9 Å². The van der Waals surface area contributed by atoms with E-state index in [9.17, 15) is 14.9 Å². The highest BCUT2D eigenvalue weighted by molar-refractivity contribution is 5.94. The standard InChI is InChI=1S/C16H17N3O3/c1-17-16(20)13-4-2-3-12(11-13)9-10-18-14-5-7-15(8-6-14)19(21)22/h2-8,11,18H,9-10H2,1H3,(H,17,20). The van der Waals surface area contributed by atoms with E-state index in [4.69, 9.17) is 0 Å². The summed E-state index contributed by atoms with van der Waals surface area (Å²) in [5.41, 5.74) is 2.59. The van der Waals surface area contributed by atoms with Gasteiger partial charge in [-0.2, -0.15) is 0 Å². The topological polar surface area (TPSA) is 84.3 Å². The molecular formula is C16H17N3O3. The van der Waals surface area contributed by atoms with E-state index in [1.807, 2.05) is 18.2 Å². The molecule has 0 heterocycles. The maximum Gasteiger partial charge on any atom is 0.269 e. The molecule has 22 heavy (non-hydrogen) atoms. The predicted octanol–water partition coefficient (Wildman–Crippen LogP) is 2.61. The van der Waals surface area contributed by atoms with Gasteiger partial charge in [0, 0.05) is 37.0 Å². The molecule has 0 saturated carbocycles. The van der Waals surface area contributed by atoms with Crippen molar-refractivity contribution < 1.29 is 9.72 Å². The maximum absolute atomic E-state index is 11.6. The Morgan fingerprint density at radius 3 is 2.55 bits per heavy atom. The van der Waals surface area contributed by atoms with Crippen molar-refractivity contribution in [2.75, 3.05) is 18.9 Å². The number of hydrogen-bond acceptors (Lipinski definition) is 4. The van der Waals surface area contributed by atoms with Gasteiger partial charge in [-0.05, 0) is 36.2 Å². The first-order valence-corrected chi connectivity index (χ1v) is 6.89. The Morgan fingerprint density at radius 2 is 1.91 bits per heavy atom. The summed E-state index contributed by atoms with van der Waals surface area (Å²) in [5.74, 6) is -0.106. The molecule has 0 spiro atoms. The molecule has 0 fully saturated rings. The Balaban J connectivity index is 1.91. The number of nitro groups is 1. The molecule has 0 aromatic heterocycles. The molecule has 0 saturated heterocycles. The third-order valence-electron chi connectivity index (χ3n) is 3.24. The fourth-order valence-corrected chi connectivity index (χ4v) is 2.06. The normalized spacial score (nSPS) is 10.0. The SMILES string of the molecule is CNC(=O)c1cccc(CCNc2ccc([N+](=O)[O-])cc2)c1. The van der Waals surface area contributed by atoms with Gasteiger partial charge in [0.25, 0.3) is 11.6 Å². The Bertz CT molecular complexity index is 669. The van der Waals surface area contributed by atoms with Crippen LogP contribution in [0.3, 0.4) is 0 Å². The molecule has 2 aromatic carbocycles. The zero-order valence-corrected chi connectivity index (χ0v) is 12.2. The number of hydrogen-bond donors (Lipinski definition) is 2. The van der Waals surface area contributed by atoms with Gasteiger partial charge in [0.05, 0.1) is 4.92 Å². The first-order chi connectivity index (χ1) is 10.6. The van der Waals surface area contributed by atoms with Gasteiger partial charge in [-0.15, -0.1) is 0 Å². The number of carbonyl (C=O) groups is 1. The van der Waals surface area contributed by atoms with Crippen LogP contribution in [0.5, 0.6) is 0 Å². The summed E-state index contributed by atoms with van der Waals surface area (Å²) in [6, 6.07) is 13.7. The number of nitro benzene ring substituents is 1. The van der Waals surface area contributed by atoms with Crippen molar-refractivity contribution in [3.05, 3.63) is 69.8 Å². The molecule has 0 atom stereocenters. The number of anilines is 1. The van der Waals surface area contributed by atoms with Crippen LogP contribution in [0.2, 0.25) is 0 Å². The number of carbonyl (C=O) groups excluding carboxylic acids is 1. The lowest BCUT2D eigenvalue weighted by Crippen LogP contribution is -2.18. The van der Waals surface area contributed by atoms with Crippen LogP contribution in [0, 0.1) is 10.1 Å². The van der Waals surface area contributed by atoms with Crippen molar-refractivity contribution in [2.24, 2.45) is 0 Å². The smallest absolute Gasteiger partial charge is 0.269 e. The van der Waals surface area contributed by atoms with E-state index in [0.29, 0.717) is 12.1 Å². The first kappa shape index (κ1) is 15.5. The molecule has 2 rings (SSSR count). The van der Waals surface area contributed by atoms with Crippen molar-refractivity contribution >= 4 is 17.3 Å². The Kier molecular flexibility index (Phi) is 5.08. The Hall–Kier alpha value is -2.89. The summed E-state index contributed by atoms with van der Waals surface area (Å²) in [6.45, 7) is 0.676. The number of benzene rings is 2. The zero-order valence-electron chi connectivity index (χ0n) is 12.2. The van der Waals surface area contributed by atoms with Gasteiger partial charge in [-0.25, -0.2) is 0 Å². The fraction of sp³-hybridized carbons (Fsp3) is 0.188. The highest BCUT2D eigenvalue weighted by Crippen LogP contribution is 2.15. The zero-order chi connectivity index (χ0) is 15.9. The van der Waals surface area contributed by atoms with Crippen LogP contribution < -0.4 is 10.6 Å². The van der Waals surface area contributed by atoms with Crippen LogP contribution in [0.1, 0.15) is 15.9 Å². The largest absolute Gasteiger partial charge is 0.385 e. The molecule has 0 unspecified atom stereocenters. The predicted molar refractivity (Wildman–Crippen MR) is 85.1 cm³/mol. The Morgan fingerprint density at radius 1 is 1.18 bits per heavy atom. The van der Waals surface area contributed by atoms with E-state index in [-0.39, 0.29) is 11.6 Å². The van der Waals surface area contributed by atoms with Gasteiger partial charge in [-0.1, -0.05) is 12.1 Å². The van der Waals surface area contributed by atoms with Crippen LogP contribution >= 0.6 is 0 Å². The van der Waals surface area contributed by atoms with E-state index >= 15 is 0 Å². The van der Waals surface area contributed by atoms with E-state index < -0.39 is 4.92 Å². The lowest BCUT2D eigenvalue weighted by atomic mass is 10.1. The molecule has 0 aliphatic carbocycles. The molecule has 1 amide bonds.